The summed E-state index contributed by atoms with van der Waals surface area (Å²) in [6.07, 6.45) is 4.57. The molecule has 0 radical (unpaired) electrons. The maximum Gasteiger partial charge on any atom is 0.146 e. The summed E-state index contributed by atoms with van der Waals surface area (Å²) in [4.78, 5) is 10.7. The van der Waals surface area contributed by atoms with Crippen LogP contribution < -0.4 is 5.32 Å². The Morgan fingerprint density at radius 1 is 1.46 bits per heavy atom. The van der Waals surface area contributed by atoms with Gasteiger partial charge in [-0.25, -0.2) is 0 Å². The third-order valence-corrected chi connectivity index (χ3v) is 2.29. The zero-order chi connectivity index (χ0) is 9.26. The summed E-state index contributed by atoms with van der Waals surface area (Å²) in [6, 6.07) is 5.27. The molecule has 0 spiro atoms. The van der Waals surface area contributed by atoms with Gasteiger partial charge in [-0.05, 0) is 35.5 Å². The molecule has 0 aromatic heterocycles. The Labute approximate surface area is 81.2 Å². The van der Waals surface area contributed by atoms with Crippen molar-refractivity contribution in [2.75, 3.05) is 0 Å². The summed E-state index contributed by atoms with van der Waals surface area (Å²) in [5, 5.41) is 3.60. The number of halogens is 1. The molecule has 0 saturated heterocycles. The van der Waals surface area contributed by atoms with Gasteiger partial charge in [0.05, 0.1) is 0 Å². The van der Waals surface area contributed by atoms with E-state index in [0.717, 1.165) is 17.4 Å². The number of hydrogen-bond donors (Lipinski definition) is 1. The van der Waals surface area contributed by atoms with Gasteiger partial charge in [-0.1, -0.05) is 17.7 Å². The average molecular weight is 194 g/mol. The molecule has 1 aromatic rings. The van der Waals surface area contributed by atoms with Gasteiger partial charge in [0, 0.05) is 5.02 Å². The third kappa shape index (κ3) is 1.45. The van der Waals surface area contributed by atoms with Crippen molar-refractivity contribution in [3.63, 3.8) is 0 Å². The van der Waals surface area contributed by atoms with E-state index in [1.807, 2.05) is 24.3 Å². The molecule has 0 aliphatic carbocycles. The van der Waals surface area contributed by atoms with Gasteiger partial charge in [0.25, 0.3) is 0 Å². The smallest absolute Gasteiger partial charge is 0.146 e. The molecular weight excluding hydrogens is 186 g/mol. The van der Waals surface area contributed by atoms with Gasteiger partial charge in [-0.15, -0.1) is 0 Å². The Morgan fingerprint density at radius 3 is 3.08 bits per heavy atom. The molecule has 13 heavy (non-hydrogen) atoms. The second kappa shape index (κ2) is 3.23. The van der Waals surface area contributed by atoms with Crippen LogP contribution in [0.2, 0.25) is 5.02 Å². The first kappa shape index (κ1) is 8.32. The van der Waals surface area contributed by atoms with Crippen molar-refractivity contribution in [2.24, 2.45) is 0 Å². The molecule has 0 fully saturated rings. The summed E-state index contributed by atoms with van der Waals surface area (Å²) < 4.78 is 0. The zero-order valence-corrected chi connectivity index (χ0v) is 7.58. The number of rotatable bonds is 1. The van der Waals surface area contributed by atoms with E-state index in [9.17, 15) is 4.79 Å². The summed E-state index contributed by atoms with van der Waals surface area (Å²) in [5.41, 5.74) is 1.98. The van der Waals surface area contributed by atoms with Crippen molar-refractivity contribution in [3.8, 4) is 0 Å². The van der Waals surface area contributed by atoms with Crippen LogP contribution in [0, 0.1) is 0 Å². The first-order valence-corrected chi connectivity index (χ1v) is 4.36. The first-order valence-electron chi connectivity index (χ1n) is 3.98. The fraction of sp³-hybridized carbons (Fsp3) is 0.100. The molecule has 0 saturated carbocycles. The number of fused-ring (bicyclic) bond motifs is 1. The van der Waals surface area contributed by atoms with Gasteiger partial charge in [-0.2, -0.15) is 0 Å². The van der Waals surface area contributed by atoms with Crippen molar-refractivity contribution in [1.82, 2.24) is 5.32 Å². The fourth-order valence-electron chi connectivity index (χ4n) is 1.41. The van der Waals surface area contributed by atoms with Crippen molar-refractivity contribution in [2.45, 2.75) is 6.04 Å². The first-order chi connectivity index (χ1) is 6.31. The van der Waals surface area contributed by atoms with Gasteiger partial charge in [0.1, 0.15) is 12.3 Å². The number of carbonyl (C=O) groups is 1. The average Bonchev–Trinajstić information content (AvgIpc) is 2.17. The lowest BCUT2D eigenvalue weighted by molar-refractivity contribution is -0.109. The minimum Gasteiger partial charge on any atom is -0.378 e. The van der Waals surface area contributed by atoms with E-state index in [4.69, 9.17) is 11.6 Å². The molecule has 2 nitrogen and oxygen atoms in total. The van der Waals surface area contributed by atoms with E-state index < -0.39 is 0 Å². The highest BCUT2D eigenvalue weighted by Gasteiger charge is 2.15. The molecule has 2 rings (SSSR count). The van der Waals surface area contributed by atoms with Crippen LogP contribution in [0.15, 0.2) is 24.4 Å². The van der Waals surface area contributed by atoms with Crippen molar-refractivity contribution in [3.05, 3.63) is 40.5 Å². The maximum absolute atomic E-state index is 10.7. The second-order valence-electron chi connectivity index (χ2n) is 2.89. The molecule has 1 N–H and O–H groups in total. The third-order valence-electron chi connectivity index (χ3n) is 2.06. The van der Waals surface area contributed by atoms with E-state index in [-0.39, 0.29) is 6.04 Å². The Morgan fingerprint density at radius 2 is 2.31 bits per heavy atom. The molecule has 1 heterocycles. The molecule has 1 aromatic carbocycles. The normalized spacial score (nSPS) is 19.0. The van der Waals surface area contributed by atoms with Gasteiger partial charge in [0.2, 0.25) is 0 Å². The molecule has 1 atom stereocenters. The number of benzene rings is 1. The Balaban J connectivity index is 2.54. The van der Waals surface area contributed by atoms with E-state index in [2.05, 4.69) is 5.32 Å². The van der Waals surface area contributed by atoms with Crippen molar-refractivity contribution < 1.29 is 4.79 Å². The van der Waals surface area contributed by atoms with Gasteiger partial charge in [0.15, 0.2) is 0 Å². The standard InChI is InChI=1S/C10H8ClNO/c11-8-2-1-7-3-4-12-10(6-13)9(7)5-8/h1-6,10,12H. The van der Waals surface area contributed by atoms with E-state index in [0.29, 0.717) is 5.02 Å². The molecule has 66 valence electrons. The van der Waals surface area contributed by atoms with Crippen LogP contribution in [-0.2, 0) is 4.79 Å². The largest absolute Gasteiger partial charge is 0.378 e. The van der Waals surface area contributed by atoms with Crippen LogP contribution >= 0.6 is 11.6 Å². The van der Waals surface area contributed by atoms with Crippen LogP contribution in [-0.4, -0.2) is 6.29 Å². The monoisotopic (exact) mass is 193 g/mol. The molecule has 3 heteroatoms. The fourth-order valence-corrected chi connectivity index (χ4v) is 1.59. The molecular formula is C10H8ClNO. The maximum atomic E-state index is 10.7. The summed E-state index contributed by atoms with van der Waals surface area (Å²) in [5.74, 6) is 0. The van der Waals surface area contributed by atoms with Crippen LogP contribution in [0.1, 0.15) is 17.2 Å². The van der Waals surface area contributed by atoms with E-state index >= 15 is 0 Å². The van der Waals surface area contributed by atoms with Crippen molar-refractivity contribution in [1.29, 1.82) is 0 Å². The van der Waals surface area contributed by atoms with E-state index in [1.54, 1.807) is 6.20 Å². The number of nitrogens with one attached hydrogen (secondary N) is 1. The van der Waals surface area contributed by atoms with E-state index in [1.165, 1.54) is 0 Å². The summed E-state index contributed by atoms with van der Waals surface area (Å²) in [7, 11) is 0. The van der Waals surface area contributed by atoms with Crippen LogP contribution in [0.25, 0.3) is 6.08 Å². The number of aldehydes is 1. The molecule has 0 amide bonds. The Kier molecular flexibility index (Phi) is 2.07. The predicted octanol–water partition coefficient (Wildman–Crippen LogP) is 2.15. The lowest BCUT2D eigenvalue weighted by Crippen LogP contribution is -2.20. The highest BCUT2D eigenvalue weighted by atomic mass is 35.5. The quantitative estimate of drug-likeness (QED) is 0.693. The topological polar surface area (TPSA) is 29.1 Å². The second-order valence-corrected chi connectivity index (χ2v) is 3.32. The molecule has 0 bridgehead atoms. The predicted molar refractivity (Wildman–Crippen MR) is 52.4 cm³/mol. The van der Waals surface area contributed by atoms with Crippen molar-refractivity contribution >= 4 is 24.0 Å². The summed E-state index contributed by atoms with van der Waals surface area (Å²) >= 11 is 5.83. The van der Waals surface area contributed by atoms with Gasteiger partial charge in [-0.3, -0.25) is 0 Å². The molecule has 1 unspecified atom stereocenters. The Hall–Kier alpha value is -1.28. The van der Waals surface area contributed by atoms with Crippen LogP contribution in [0.5, 0.6) is 0 Å². The minimum absolute atomic E-state index is 0.265. The molecule has 1 aliphatic heterocycles. The lowest BCUT2D eigenvalue weighted by Gasteiger charge is -2.18. The zero-order valence-electron chi connectivity index (χ0n) is 6.83. The van der Waals surface area contributed by atoms with Gasteiger partial charge < -0.3 is 10.1 Å². The minimum atomic E-state index is -0.265. The number of carbonyl (C=O) groups excluding carboxylic acids is 1. The highest BCUT2D eigenvalue weighted by Crippen LogP contribution is 2.25. The van der Waals surface area contributed by atoms with Crippen LogP contribution in [0.4, 0.5) is 0 Å². The Bertz CT molecular complexity index is 373. The number of hydrogen-bond acceptors (Lipinski definition) is 2. The van der Waals surface area contributed by atoms with Crippen LogP contribution in [0.3, 0.4) is 0 Å². The summed E-state index contributed by atoms with van der Waals surface area (Å²) in [6.45, 7) is 0. The highest BCUT2D eigenvalue weighted by molar-refractivity contribution is 6.30. The van der Waals surface area contributed by atoms with Gasteiger partial charge >= 0.3 is 0 Å². The SMILES string of the molecule is O=CC1NC=Cc2ccc(Cl)cc21. The molecule has 1 aliphatic rings. The lowest BCUT2D eigenvalue weighted by atomic mass is 9.99.